The van der Waals surface area contributed by atoms with Crippen LogP contribution in [0.25, 0.3) is 11.2 Å². The molecule has 0 aliphatic carbocycles. The zero-order valence-electron chi connectivity index (χ0n) is 12.6. The lowest BCUT2D eigenvalue weighted by Gasteiger charge is -2.09. The first-order valence-electron chi connectivity index (χ1n) is 7.15. The molecule has 0 aliphatic rings. The van der Waals surface area contributed by atoms with Gasteiger partial charge in [0.25, 0.3) is 0 Å². The molecule has 21 heavy (non-hydrogen) atoms. The van der Waals surface area contributed by atoms with Crippen LogP contribution in [-0.4, -0.2) is 25.2 Å². The van der Waals surface area contributed by atoms with Gasteiger partial charge in [-0.05, 0) is 30.4 Å². The number of thiophene rings is 1. The van der Waals surface area contributed by atoms with Crippen LogP contribution < -0.4 is 0 Å². The zero-order valence-corrected chi connectivity index (χ0v) is 14.1. The summed E-state index contributed by atoms with van der Waals surface area (Å²) < 4.78 is 4.19. The molecular weight excluding hydrogens is 304 g/mol. The Balaban J connectivity index is 2.12. The molecule has 0 fully saturated rings. The van der Waals surface area contributed by atoms with Crippen LogP contribution in [0.15, 0.2) is 11.4 Å². The van der Waals surface area contributed by atoms with E-state index in [0.717, 1.165) is 42.1 Å². The van der Waals surface area contributed by atoms with Gasteiger partial charge in [-0.15, -0.1) is 22.9 Å². The van der Waals surface area contributed by atoms with Gasteiger partial charge >= 0.3 is 0 Å². The number of nitrogens with zero attached hydrogens (tertiary/aromatic N) is 4. The molecular formula is C15H19ClN4S. The highest BCUT2D eigenvalue weighted by atomic mass is 35.5. The normalized spacial score (nSPS) is 11.6. The molecule has 3 aromatic rings. The van der Waals surface area contributed by atoms with Crippen LogP contribution in [0, 0.1) is 6.92 Å². The highest BCUT2D eigenvalue weighted by molar-refractivity contribution is 7.10. The van der Waals surface area contributed by atoms with Crippen molar-refractivity contribution in [3.05, 3.63) is 33.4 Å². The van der Waals surface area contributed by atoms with Crippen LogP contribution in [-0.2, 0) is 26.4 Å². The van der Waals surface area contributed by atoms with E-state index in [1.165, 1.54) is 10.4 Å². The topological polar surface area (TPSA) is 35.6 Å². The Morgan fingerprint density at radius 2 is 2.19 bits per heavy atom. The van der Waals surface area contributed by atoms with Gasteiger partial charge in [0.05, 0.1) is 12.2 Å². The Labute approximate surface area is 133 Å². The molecule has 0 spiro atoms. The summed E-state index contributed by atoms with van der Waals surface area (Å²) in [5.74, 6) is 1.63. The lowest BCUT2D eigenvalue weighted by atomic mass is 10.2. The maximum Gasteiger partial charge on any atom is 0.159 e. The third kappa shape index (κ3) is 2.49. The van der Waals surface area contributed by atoms with Crippen LogP contribution in [0.4, 0.5) is 0 Å². The van der Waals surface area contributed by atoms with E-state index in [1.807, 2.05) is 30.0 Å². The van der Waals surface area contributed by atoms with E-state index in [2.05, 4.69) is 28.0 Å². The molecule has 0 bridgehead atoms. The van der Waals surface area contributed by atoms with Crippen LogP contribution in [0.2, 0.25) is 0 Å². The zero-order chi connectivity index (χ0) is 15.0. The molecule has 112 valence electrons. The summed E-state index contributed by atoms with van der Waals surface area (Å²) in [6.07, 6.45) is 1.84. The van der Waals surface area contributed by atoms with E-state index in [-0.39, 0.29) is 0 Å². The van der Waals surface area contributed by atoms with Crippen molar-refractivity contribution in [1.29, 1.82) is 0 Å². The average molecular weight is 323 g/mol. The van der Waals surface area contributed by atoms with Crippen molar-refractivity contribution in [2.45, 2.75) is 33.2 Å². The molecule has 0 amide bonds. The second-order valence-electron chi connectivity index (χ2n) is 5.16. The Bertz CT molecular complexity index is 768. The summed E-state index contributed by atoms with van der Waals surface area (Å²) >= 11 is 7.76. The summed E-state index contributed by atoms with van der Waals surface area (Å²) in [5.41, 5.74) is 4.47. The summed E-state index contributed by atoms with van der Waals surface area (Å²) in [6, 6.07) is 2.21. The molecule has 4 nitrogen and oxygen atoms in total. The molecule has 6 heteroatoms. The van der Waals surface area contributed by atoms with Crippen LogP contribution in [0.3, 0.4) is 0 Å². The highest BCUT2D eigenvalue weighted by Gasteiger charge is 2.18. The number of hydrogen-bond acceptors (Lipinski definition) is 3. The van der Waals surface area contributed by atoms with Gasteiger partial charge in [0.1, 0.15) is 11.3 Å². The van der Waals surface area contributed by atoms with Gasteiger partial charge in [0.15, 0.2) is 5.65 Å². The molecule has 3 aromatic heterocycles. The van der Waals surface area contributed by atoms with Gasteiger partial charge in [-0.25, -0.2) is 4.98 Å². The van der Waals surface area contributed by atoms with Crippen LogP contribution >= 0.6 is 22.9 Å². The van der Waals surface area contributed by atoms with Crippen molar-refractivity contribution >= 4 is 34.1 Å². The SMILES string of the molecule is CCc1ccsc1Cn1c(CCCl)nc2c(C)nn(C)c21. The molecule has 0 saturated heterocycles. The molecule has 0 N–H and O–H groups in total. The number of hydrogen-bond donors (Lipinski definition) is 0. The summed E-state index contributed by atoms with van der Waals surface area (Å²) in [6.45, 7) is 5.05. The fourth-order valence-electron chi connectivity index (χ4n) is 2.79. The number of aryl methyl sites for hydroxylation is 4. The van der Waals surface area contributed by atoms with Gasteiger partial charge in [-0.3, -0.25) is 4.68 Å². The predicted molar refractivity (Wildman–Crippen MR) is 88.5 cm³/mol. The first kappa shape index (κ1) is 14.6. The maximum absolute atomic E-state index is 5.95. The Morgan fingerprint density at radius 1 is 1.38 bits per heavy atom. The minimum Gasteiger partial charge on any atom is -0.308 e. The summed E-state index contributed by atoms with van der Waals surface area (Å²) in [5, 5.41) is 6.65. The number of alkyl halides is 1. The fraction of sp³-hybridized carbons (Fsp3) is 0.467. The third-order valence-corrected chi connectivity index (χ3v) is 4.94. The van der Waals surface area contributed by atoms with E-state index in [0.29, 0.717) is 5.88 Å². The quantitative estimate of drug-likeness (QED) is 0.674. The Hall–Kier alpha value is -1.33. The standard InChI is InChI=1S/C15H19ClN4S/c1-4-11-6-8-21-12(11)9-20-13(5-7-16)17-14-10(2)18-19(3)15(14)20/h6,8H,4-5,7,9H2,1-3H3. The van der Waals surface area contributed by atoms with Crippen molar-refractivity contribution < 1.29 is 0 Å². The monoisotopic (exact) mass is 322 g/mol. The lowest BCUT2D eigenvalue weighted by Crippen LogP contribution is -2.09. The minimum absolute atomic E-state index is 0.584. The Kier molecular flexibility index (Phi) is 4.04. The van der Waals surface area contributed by atoms with E-state index in [4.69, 9.17) is 16.6 Å². The first-order valence-corrected chi connectivity index (χ1v) is 8.57. The summed E-state index contributed by atoms with van der Waals surface area (Å²) in [4.78, 5) is 6.15. The lowest BCUT2D eigenvalue weighted by molar-refractivity contribution is 0.694. The van der Waals surface area contributed by atoms with Crippen molar-refractivity contribution in [2.75, 3.05) is 5.88 Å². The van der Waals surface area contributed by atoms with Gasteiger partial charge < -0.3 is 4.57 Å². The van der Waals surface area contributed by atoms with E-state index < -0.39 is 0 Å². The van der Waals surface area contributed by atoms with Crippen molar-refractivity contribution in [3.8, 4) is 0 Å². The number of imidazole rings is 1. The smallest absolute Gasteiger partial charge is 0.159 e. The number of fused-ring (bicyclic) bond motifs is 1. The second kappa shape index (κ2) is 5.81. The molecule has 0 radical (unpaired) electrons. The number of rotatable bonds is 5. The summed E-state index contributed by atoms with van der Waals surface area (Å²) in [7, 11) is 1.98. The number of aromatic nitrogens is 4. The van der Waals surface area contributed by atoms with Gasteiger partial charge in [0, 0.05) is 24.2 Å². The van der Waals surface area contributed by atoms with Gasteiger partial charge in [-0.1, -0.05) is 6.92 Å². The van der Waals surface area contributed by atoms with E-state index in [9.17, 15) is 0 Å². The molecule has 0 aliphatic heterocycles. The molecule has 0 unspecified atom stereocenters. The molecule has 0 saturated carbocycles. The average Bonchev–Trinajstić information content (AvgIpc) is 3.11. The molecule has 0 atom stereocenters. The van der Waals surface area contributed by atoms with Gasteiger partial charge in [-0.2, -0.15) is 5.10 Å². The highest BCUT2D eigenvalue weighted by Crippen LogP contribution is 2.24. The van der Waals surface area contributed by atoms with Crippen molar-refractivity contribution in [3.63, 3.8) is 0 Å². The Morgan fingerprint density at radius 3 is 2.90 bits per heavy atom. The van der Waals surface area contributed by atoms with Gasteiger partial charge in [0.2, 0.25) is 0 Å². The van der Waals surface area contributed by atoms with E-state index in [1.54, 1.807) is 0 Å². The largest absolute Gasteiger partial charge is 0.308 e. The molecule has 0 aromatic carbocycles. The fourth-order valence-corrected chi connectivity index (χ4v) is 3.92. The van der Waals surface area contributed by atoms with Crippen LogP contribution in [0.1, 0.15) is 28.9 Å². The van der Waals surface area contributed by atoms with Crippen LogP contribution in [0.5, 0.6) is 0 Å². The van der Waals surface area contributed by atoms with E-state index >= 15 is 0 Å². The molecule has 3 rings (SSSR count). The van der Waals surface area contributed by atoms with Crippen molar-refractivity contribution in [1.82, 2.24) is 19.3 Å². The number of halogens is 1. The first-order chi connectivity index (χ1) is 10.2. The van der Waals surface area contributed by atoms with Crippen molar-refractivity contribution in [2.24, 2.45) is 7.05 Å². The maximum atomic E-state index is 5.95. The predicted octanol–water partition coefficient (Wildman–Crippen LogP) is 3.53. The third-order valence-electron chi connectivity index (χ3n) is 3.81. The second-order valence-corrected chi connectivity index (χ2v) is 6.54. The molecule has 3 heterocycles. The minimum atomic E-state index is 0.584.